The van der Waals surface area contributed by atoms with E-state index >= 15 is 0 Å². The normalized spacial score (nSPS) is 9.22. The number of carbonyl (C=O) groups is 2. The number of aryl methyl sites for hydroxylation is 4. The van der Waals surface area contributed by atoms with E-state index in [0.717, 1.165) is 22.3 Å². The first-order chi connectivity index (χ1) is 10.2. The third kappa shape index (κ3) is 6.27. The van der Waals surface area contributed by atoms with Gasteiger partial charge in [0.2, 0.25) is 0 Å². The van der Waals surface area contributed by atoms with Crippen molar-refractivity contribution in [3.63, 3.8) is 0 Å². The summed E-state index contributed by atoms with van der Waals surface area (Å²) < 4.78 is 0. The molecule has 0 aliphatic heterocycles. The van der Waals surface area contributed by atoms with E-state index in [1.807, 2.05) is 26.0 Å². The van der Waals surface area contributed by atoms with E-state index in [1.54, 1.807) is 38.1 Å². The van der Waals surface area contributed by atoms with Crippen molar-refractivity contribution in [3.8, 4) is 0 Å². The summed E-state index contributed by atoms with van der Waals surface area (Å²) in [6.45, 7) is 7.37. The van der Waals surface area contributed by atoms with Gasteiger partial charge in [0.25, 0.3) is 0 Å². The number of benzene rings is 2. The Kier molecular flexibility index (Phi) is 8.30. The number of carboxylic acid groups (broad SMARTS) is 2. The van der Waals surface area contributed by atoms with Crippen LogP contribution in [0.2, 0.25) is 0 Å². The summed E-state index contributed by atoms with van der Waals surface area (Å²) >= 11 is 0. The molecule has 0 unspecified atom stereocenters. The Balaban J connectivity index is 0.000000403. The smallest absolute Gasteiger partial charge is 0.545 e. The van der Waals surface area contributed by atoms with Gasteiger partial charge in [0.1, 0.15) is 0 Å². The van der Waals surface area contributed by atoms with Gasteiger partial charge in [-0.25, -0.2) is 0 Å². The fraction of sp³-hybridized carbons (Fsp3) is 0.222. The van der Waals surface area contributed by atoms with Gasteiger partial charge >= 0.3 is 17.1 Å². The third-order valence-corrected chi connectivity index (χ3v) is 3.20. The van der Waals surface area contributed by atoms with Crippen molar-refractivity contribution in [1.29, 1.82) is 0 Å². The number of carbonyl (C=O) groups excluding carboxylic acids is 2. The van der Waals surface area contributed by atoms with E-state index in [2.05, 4.69) is 0 Å². The van der Waals surface area contributed by atoms with Gasteiger partial charge in [-0.15, -0.1) is 0 Å². The second-order valence-corrected chi connectivity index (χ2v) is 5.21. The molecular formula is C18H18CuO4. The Labute approximate surface area is 146 Å². The van der Waals surface area contributed by atoms with Crippen molar-refractivity contribution in [2.24, 2.45) is 0 Å². The molecule has 4 nitrogen and oxygen atoms in total. The summed E-state index contributed by atoms with van der Waals surface area (Å²) in [5.74, 6) is -2.22. The first-order valence-electron chi connectivity index (χ1n) is 6.79. The molecule has 0 aromatic heterocycles. The van der Waals surface area contributed by atoms with E-state index in [4.69, 9.17) is 0 Å². The molecule has 125 valence electrons. The zero-order chi connectivity index (χ0) is 16.9. The third-order valence-electron chi connectivity index (χ3n) is 3.20. The van der Waals surface area contributed by atoms with Crippen LogP contribution in [-0.4, -0.2) is 11.9 Å². The zero-order valence-corrected chi connectivity index (χ0v) is 14.3. The first kappa shape index (κ1) is 20.9. The van der Waals surface area contributed by atoms with Gasteiger partial charge in [0, 0.05) is 11.1 Å². The van der Waals surface area contributed by atoms with Crippen LogP contribution in [0.5, 0.6) is 0 Å². The Morgan fingerprint density at radius 2 is 1.00 bits per heavy atom. The number of rotatable bonds is 2. The van der Waals surface area contributed by atoms with Crippen LogP contribution in [0, 0.1) is 27.7 Å². The van der Waals surface area contributed by atoms with Crippen molar-refractivity contribution < 1.29 is 36.9 Å². The number of hydrogen-bond donors (Lipinski definition) is 0. The molecule has 2 rings (SSSR count). The van der Waals surface area contributed by atoms with Crippen molar-refractivity contribution >= 4 is 11.9 Å². The molecule has 0 spiro atoms. The summed E-state index contributed by atoms with van der Waals surface area (Å²) in [6.07, 6.45) is 0. The van der Waals surface area contributed by atoms with Crippen LogP contribution in [0.3, 0.4) is 0 Å². The second kappa shape index (κ2) is 9.13. The van der Waals surface area contributed by atoms with E-state index in [0.29, 0.717) is 0 Å². The van der Waals surface area contributed by atoms with E-state index in [9.17, 15) is 19.8 Å². The van der Waals surface area contributed by atoms with Gasteiger partial charge < -0.3 is 19.8 Å². The molecule has 0 aliphatic carbocycles. The SMILES string of the molecule is Cc1ccc(C(=O)[O-])c(C)c1.Cc1ccc(C(=O)[O-])c(C)c1.[Cu+2]. The Morgan fingerprint density at radius 1 is 0.696 bits per heavy atom. The van der Waals surface area contributed by atoms with Crippen LogP contribution in [0.4, 0.5) is 0 Å². The van der Waals surface area contributed by atoms with Crippen LogP contribution in [0.15, 0.2) is 36.4 Å². The molecule has 5 heteroatoms. The maximum Gasteiger partial charge on any atom is 2.00 e. The molecule has 1 radical (unpaired) electrons. The van der Waals surface area contributed by atoms with Gasteiger partial charge in [0.15, 0.2) is 0 Å². The Bertz CT molecular complexity index is 647. The summed E-state index contributed by atoms with van der Waals surface area (Å²) in [7, 11) is 0. The van der Waals surface area contributed by atoms with Crippen molar-refractivity contribution in [1.82, 2.24) is 0 Å². The molecule has 0 atom stereocenters. The van der Waals surface area contributed by atoms with Gasteiger partial charge in [-0.2, -0.15) is 0 Å². The average molecular weight is 362 g/mol. The van der Waals surface area contributed by atoms with Crippen LogP contribution < -0.4 is 10.2 Å². The van der Waals surface area contributed by atoms with Crippen LogP contribution >= 0.6 is 0 Å². The average Bonchev–Trinajstić information content (AvgIpc) is 2.38. The summed E-state index contributed by atoms with van der Waals surface area (Å²) in [5.41, 5.74) is 4.18. The van der Waals surface area contributed by atoms with Crippen molar-refractivity contribution in [2.45, 2.75) is 27.7 Å². The predicted octanol–water partition coefficient (Wildman–Crippen LogP) is 1.33. The zero-order valence-electron chi connectivity index (χ0n) is 13.4. The molecule has 23 heavy (non-hydrogen) atoms. The predicted molar refractivity (Wildman–Crippen MR) is 80.5 cm³/mol. The fourth-order valence-electron chi connectivity index (χ4n) is 2.09. The minimum Gasteiger partial charge on any atom is -0.545 e. The summed E-state index contributed by atoms with van der Waals surface area (Å²) in [6, 6.07) is 10.3. The number of aromatic carboxylic acids is 2. The molecule has 0 fully saturated rings. The van der Waals surface area contributed by atoms with E-state index < -0.39 is 11.9 Å². The summed E-state index contributed by atoms with van der Waals surface area (Å²) in [4.78, 5) is 20.8. The maximum absolute atomic E-state index is 10.4. The number of carboxylic acids is 2. The second-order valence-electron chi connectivity index (χ2n) is 5.21. The van der Waals surface area contributed by atoms with Crippen molar-refractivity contribution in [3.05, 3.63) is 69.8 Å². The van der Waals surface area contributed by atoms with Gasteiger partial charge in [-0.3, -0.25) is 0 Å². The van der Waals surface area contributed by atoms with Crippen LogP contribution in [-0.2, 0) is 17.1 Å². The molecule has 0 bridgehead atoms. The molecule has 2 aromatic rings. The topological polar surface area (TPSA) is 80.3 Å². The largest absolute Gasteiger partial charge is 2.00 e. The first-order valence-corrected chi connectivity index (χ1v) is 6.79. The molecule has 2 aromatic carbocycles. The molecule has 0 saturated carbocycles. The minimum absolute atomic E-state index is 0. The van der Waals surface area contributed by atoms with Gasteiger partial charge in [-0.1, -0.05) is 47.5 Å². The number of hydrogen-bond acceptors (Lipinski definition) is 4. The van der Waals surface area contributed by atoms with Crippen molar-refractivity contribution in [2.75, 3.05) is 0 Å². The minimum atomic E-state index is -1.11. The van der Waals surface area contributed by atoms with Crippen LogP contribution in [0.25, 0.3) is 0 Å². The standard InChI is InChI=1S/2C9H10O2.Cu/c2*1-6-3-4-8(9(10)11)7(2)5-6;/h2*3-5H,1-2H3,(H,10,11);/q;;+2/p-2. The quantitative estimate of drug-likeness (QED) is 0.756. The van der Waals surface area contributed by atoms with Crippen LogP contribution in [0.1, 0.15) is 43.0 Å². The molecule has 0 amide bonds. The van der Waals surface area contributed by atoms with E-state index in [1.165, 1.54) is 0 Å². The molecule has 0 heterocycles. The van der Waals surface area contributed by atoms with E-state index in [-0.39, 0.29) is 28.2 Å². The van der Waals surface area contributed by atoms with Gasteiger partial charge in [0.05, 0.1) is 11.9 Å². The molecular weight excluding hydrogens is 344 g/mol. The molecule has 0 saturated heterocycles. The maximum atomic E-state index is 10.4. The summed E-state index contributed by atoms with van der Waals surface area (Å²) in [5, 5.41) is 20.8. The molecule has 0 N–H and O–H groups in total. The Hall–Kier alpha value is -2.10. The van der Waals surface area contributed by atoms with Gasteiger partial charge in [-0.05, 0) is 38.8 Å². The fourth-order valence-corrected chi connectivity index (χ4v) is 2.09. The monoisotopic (exact) mass is 361 g/mol. The molecule has 0 aliphatic rings. The Morgan fingerprint density at radius 3 is 1.22 bits per heavy atom.